The highest BCUT2D eigenvalue weighted by molar-refractivity contribution is 7.85. The monoisotopic (exact) mass is 596 g/mol. The number of hydrogen-bond donors (Lipinski definition) is 2. The molecule has 1 aromatic carbocycles. The van der Waals surface area contributed by atoms with Crippen LogP contribution in [0, 0.1) is 0 Å². The fraction of sp³-hybridized carbons (Fsp3) is 0.533. The van der Waals surface area contributed by atoms with Gasteiger partial charge in [0.1, 0.15) is 5.75 Å². The molecule has 208 valence electrons. The molecule has 0 bridgehead atoms. The zero-order valence-corrected chi connectivity index (χ0v) is 18.1. The SMILES string of the molecule is O=C(NCCC(F)(F)C(F)(F)C(F)(F)C(F)(F)C(F)(F)C(F)(F)F)NS(=O)(=O)Oc1ccc(Cl)cc1. The van der Waals surface area contributed by atoms with Gasteiger partial charge in [-0.05, 0) is 24.3 Å². The summed E-state index contributed by atoms with van der Waals surface area (Å²) in [6.07, 6.45) is -10.3. The van der Waals surface area contributed by atoms with Crippen molar-refractivity contribution in [3.05, 3.63) is 29.3 Å². The summed E-state index contributed by atoms with van der Waals surface area (Å²) in [6, 6.07) is 2.18. The zero-order valence-electron chi connectivity index (χ0n) is 16.6. The minimum Gasteiger partial charge on any atom is -0.367 e. The second-order valence-corrected chi connectivity index (χ2v) is 8.31. The third-order valence-corrected chi connectivity index (χ3v) is 5.06. The Morgan fingerprint density at radius 2 is 1.22 bits per heavy atom. The number of halogens is 14. The maximum absolute atomic E-state index is 13.6. The van der Waals surface area contributed by atoms with E-state index in [2.05, 4.69) is 4.18 Å². The number of rotatable bonds is 10. The third-order valence-electron chi connectivity index (χ3n) is 3.96. The van der Waals surface area contributed by atoms with E-state index >= 15 is 0 Å². The Labute approximate surface area is 197 Å². The van der Waals surface area contributed by atoms with E-state index in [-0.39, 0.29) is 5.02 Å². The van der Waals surface area contributed by atoms with Crippen molar-refractivity contribution in [1.82, 2.24) is 10.0 Å². The van der Waals surface area contributed by atoms with E-state index < -0.39 is 70.8 Å². The van der Waals surface area contributed by atoms with Gasteiger partial charge < -0.3 is 9.50 Å². The average Bonchev–Trinajstić information content (AvgIpc) is 2.67. The molecular weight excluding hydrogens is 587 g/mol. The van der Waals surface area contributed by atoms with Crippen LogP contribution >= 0.6 is 11.6 Å². The summed E-state index contributed by atoms with van der Waals surface area (Å²) >= 11 is 5.51. The van der Waals surface area contributed by atoms with Crippen molar-refractivity contribution in [1.29, 1.82) is 0 Å². The fourth-order valence-corrected chi connectivity index (χ4v) is 2.91. The van der Waals surface area contributed by atoms with E-state index in [1.165, 1.54) is 0 Å². The smallest absolute Gasteiger partial charge is 0.367 e. The Kier molecular flexibility index (Phi) is 8.64. The van der Waals surface area contributed by atoms with Crippen molar-refractivity contribution < 1.29 is 74.5 Å². The van der Waals surface area contributed by atoms with Gasteiger partial charge in [-0.15, -0.1) is 0 Å². The molecule has 6 nitrogen and oxygen atoms in total. The molecule has 1 rings (SSSR count). The second kappa shape index (κ2) is 9.82. The molecule has 0 atom stereocenters. The molecule has 36 heavy (non-hydrogen) atoms. The van der Waals surface area contributed by atoms with Crippen molar-refractivity contribution in [2.24, 2.45) is 0 Å². The molecule has 0 radical (unpaired) electrons. The molecule has 0 spiro atoms. The van der Waals surface area contributed by atoms with E-state index in [0.29, 0.717) is 0 Å². The number of amides is 2. The van der Waals surface area contributed by atoms with Gasteiger partial charge in [0.2, 0.25) is 0 Å². The van der Waals surface area contributed by atoms with Crippen LogP contribution < -0.4 is 14.2 Å². The lowest BCUT2D eigenvalue weighted by Crippen LogP contribution is -2.70. The van der Waals surface area contributed by atoms with Crippen LogP contribution in [0.4, 0.5) is 61.9 Å². The highest BCUT2D eigenvalue weighted by Crippen LogP contribution is 2.60. The quantitative estimate of drug-likeness (QED) is 0.355. The van der Waals surface area contributed by atoms with Crippen molar-refractivity contribution in [2.75, 3.05) is 6.54 Å². The standard InChI is InChI=1S/C15H10ClF13N2O4S/c16-7-1-3-8(4-2-7)35-36(33,34)31-9(32)30-6-5-10(17,18)11(19,20)12(21,22)13(23,24)14(25,26)15(27,28)29/h1-4H,5-6H2,(H2,30,31,32). The number of alkyl halides is 13. The van der Waals surface area contributed by atoms with Crippen LogP contribution in [0.25, 0.3) is 0 Å². The fourth-order valence-electron chi connectivity index (χ4n) is 2.08. The first-order valence-corrected chi connectivity index (χ1v) is 10.3. The first-order valence-electron chi connectivity index (χ1n) is 8.54. The van der Waals surface area contributed by atoms with E-state index in [1.807, 2.05) is 0 Å². The molecule has 0 aliphatic carbocycles. The van der Waals surface area contributed by atoms with E-state index in [4.69, 9.17) is 11.6 Å². The van der Waals surface area contributed by atoms with Gasteiger partial charge in [0, 0.05) is 18.0 Å². The highest BCUT2D eigenvalue weighted by Gasteiger charge is 2.90. The molecule has 0 fully saturated rings. The Balaban J connectivity index is 2.92. The first kappa shape index (κ1) is 31.6. The summed E-state index contributed by atoms with van der Waals surface area (Å²) in [6.45, 7) is -1.90. The molecular formula is C15H10ClF13N2O4S. The number of carbonyl (C=O) groups is 1. The lowest BCUT2D eigenvalue weighted by molar-refractivity contribution is -0.440. The summed E-state index contributed by atoms with van der Waals surface area (Å²) in [5, 5.41) is 1.22. The van der Waals surface area contributed by atoms with Gasteiger partial charge in [0.15, 0.2) is 0 Å². The maximum Gasteiger partial charge on any atom is 0.460 e. The molecule has 21 heteroatoms. The number of nitrogens with one attached hydrogen (secondary N) is 2. The van der Waals surface area contributed by atoms with Crippen LogP contribution in [0.5, 0.6) is 5.75 Å². The average molecular weight is 597 g/mol. The molecule has 0 saturated carbocycles. The van der Waals surface area contributed by atoms with Crippen molar-refractivity contribution in [3.63, 3.8) is 0 Å². The summed E-state index contributed by atoms with van der Waals surface area (Å²) in [7, 11) is -5.06. The van der Waals surface area contributed by atoms with Crippen LogP contribution in [0.15, 0.2) is 24.3 Å². The number of benzene rings is 1. The van der Waals surface area contributed by atoms with Gasteiger partial charge in [0.25, 0.3) is 0 Å². The largest absolute Gasteiger partial charge is 0.460 e. The molecule has 0 aliphatic rings. The summed E-state index contributed by atoms with van der Waals surface area (Å²) in [5.41, 5.74) is 0. The first-order chi connectivity index (χ1) is 15.8. The van der Waals surface area contributed by atoms with Gasteiger partial charge in [-0.25, -0.2) is 9.52 Å². The van der Waals surface area contributed by atoms with Crippen LogP contribution in [-0.4, -0.2) is 56.8 Å². The van der Waals surface area contributed by atoms with E-state index in [1.54, 1.807) is 0 Å². The Morgan fingerprint density at radius 1 is 0.778 bits per heavy atom. The van der Waals surface area contributed by atoms with Crippen LogP contribution in [0.2, 0.25) is 5.02 Å². The molecule has 0 heterocycles. The van der Waals surface area contributed by atoms with Gasteiger partial charge in [-0.2, -0.15) is 65.5 Å². The van der Waals surface area contributed by atoms with Gasteiger partial charge in [-0.1, -0.05) is 11.6 Å². The minimum atomic E-state index is -8.05. The lowest BCUT2D eigenvalue weighted by Gasteiger charge is -2.39. The van der Waals surface area contributed by atoms with Gasteiger partial charge in [0.05, 0.1) is 0 Å². The predicted octanol–water partition coefficient (Wildman–Crippen LogP) is 5.39. The molecule has 0 saturated heterocycles. The topological polar surface area (TPSA) is 84.5 Å². The normalized spacial score (nSPS) is 14.4. The Morgan fingerprint density at radius 3 is 1.67 bits per heavy atom. The van der Waals surface area contributed by atoms with Gasteiger partial charge in [-0.3, -0.25) is 0 Å². The maximum atomic E-state index is 13.6. The van der Waals surface area contributed by atoms with Gasteiger partial charge >= 0.3 is 52.1 Å². The molecule has 2 amide bonds. The minimum absolute atomic E-state index is 0.119. The van der Waals surface area contributed by atoms with Crippen LogP contribution in [-0.2, 0) is 10.3 Å². The molecule has 0 aliphatic heterocycles. The van der Waals surface area contributed by atoms with E-state index in [9.17, 15) is 70.3 Å². The van der Waals surface area contributed by atoms with E-state index in [0.717, 1.165) is 34.3 Å². The Bertz CT molecular complexity index is 1050. The molecule has 0 aromatic heterocycles. The van der Waals surface area contributed by atoms with Crippen molar-refractivity contribution in [2.45, 2.75) is 42.2 Å². The third kappa shape index (κ3) is 6.12. The number of carbonyl (C=O) groups excluding carboxylic acids is 1. The molecule has 2 N–H and O–H groups in total. The summed E-state index contributed by atoms with van der Waals surface area (Å²) < 4.78 is 197. The van der Waals surface area contributed by atoms with Crippen molar-refractivity contribution >= 4 is 27.9 Å². The molecule has 0 unspecified atom stereocenters. The highest BCUT2D eigenvalue weighted by atomic mass is 35.5. The summed E-state index contributed by atoms with van der Waals surface area (Å²) in [5.74, 6) is -38.3. The van der Waals surface area contributed by atoms with Crippen LogP contribution in [0.3, 0.4) is 0 Å². The molecule has 1 aromatic rings. The number of urea groups is 1. The van der Waals surface area contributed by atoms with Crippen molar-refractivity contribution in [3.8, 4) is 5.75 Å². The number of hydrogen-bond acceptors (Lipinski definition) is 4. The van der Waals surface area contributed by atoms with Crippen LogP contribution in [0.1, 0.15) is 6.42 Å². The summed E-state index contributed by atoms with van der Waals surface area (Å²) in [4.78, 5) is 11.4. The Hall–Kier alpha value is -2.38. The second-order valence-electron chi connectivity index (χ2n) is 6.60. The lowest BCUT2D eigenvalue weighted by atomic mass is 9.92. The zero-order chi connectivity index (χ0) is 28.6. The predicted molar refractivity (Wildman–Crippen MR) is 92.9 cm³/mol.